The Kier molecular flexibility index (Phi) is 4.55. The first-order chi connectivity index (χ1) is 13.7. The smallest absolute Gasteiger partial charge is 0.208 e. The Morgan fingerprint density at radius 2 is 1.93 bits per heavy atom. The van der Waals surface area contributed by atoms with E-state index < -0.39 is 0 Å². The van der Waals surface area contributed by atoms with Gasteiger partial charge in [-0.05, 0) is 38.7 Å². The molecule has 7 heteroatoms. The number of pyridine rings is 1. The normalized spacial score (nSPS) is 18.4. The molecular formula is C21H27N5O2. The lowest BCUT2D eigenvalue weighted by Gasteiger charge is -2.29. The predicted molar refractivity (Wildman–Crippen MR) is 107 cm³/mol. The minimum atomic E-state index is 0.722. The molecule has 0 spiro atoms. The van der Waals surface area contributed by atoms with Crippen LogP contribution in [0.15, 0.2) is 16.8 Å². The number of hydrogen-bond donors (Lipinski definition) is 0. The van der Waals surface area contributed by atoms with Crippen LogP contribution in [0.25, 0.3) is 22.3 Å². The van der Waals surface area contributed by atoms with Gasteiger partial charge in [0.2, 0.25) is 5.95 Å². The molecule has 3 aromatic rings. The van der Waals surface area contributed by atoms with Crippen molar-refractivity contribution in [1.29, 1.82) is 0 Å². The van der Waals surface area contributed by atoms with E-state index in [1.807, 2.05) is 20.0 Å². The highest BCUT2D eigenvalue weighted by atomic mass is 16.5. The van der Waals surface area contributed by atoms with Crippen LogP contribution >= 0.6 is 0 Å². The van der Waals surface area contributed by atoms with Gasteiger partial charge >= 0.3 is 0 Å². The van der Waals surface area contributed by atoms with E-state index in [9.17, 15) is 0 Å². The maximum atomic E-state index is 5.55. The van der Waals surface area contributed by atoms with Crippen molar-refractivity contribution >= 4 is 17.1 Å². The quantitative estimate of drug-likeness (QED) is 0.686. The van der Waals surface area contributed by atoms with Crippen LogP contribution in [0.5, 0.6) is 0 Å². The maximum Gasteiger partial charge on any atom is 0.208 e. The van der Waals surface area contributed by atoms with Gasteiger partial charge in [0.05, 0.1) is 24.4 Å². The molecule has 28 heavy (non-hydrogen) atoms. The third-order valence-electron chi connectivity index (χ3n) is 6.12. The van der Waals surface area contributed by atoms with E-state index in [-0.39, 0.29) is 0 Å². The third kappa shape index (κ3) is 3.07. The summed E-state index contributed by atoms with van der Waals surface area (Å²) >= 11 is 0. The molecule has 7 nitrogen and oxygen atoms in total. The summed E-state index contributed by atoms with van der Waals surface area (Å²) in [5.74, 6) is 2.59. The molecule has 0 N–H and O–H groups in total. The van der Waals surface area contributed by atoms with Gasteiger partial charge in [0.15, 0.2) is 5.65 Å². The minimum Gasteiger partial charge on any atom is -0.378 e. The number of hydrogen-bond acceptors (Lipinski definition) is 6. The zero-order chi connectivity index (χ0) is 19.1. The number of anilines is 1. The monoisotopic (exact) mass is 381 g/mol. The third-order valence-corrected chi connectivity index (χ3v) is 6.12. The van der Waals surface area contributed by atoms with Crippen molar-refractivity contribution in [2.24, 2.45) is 5.92 Å². The molecular weight excluding hydrogens is 354 g/mol. The van der Waals surface area contributed by atoms with Crippen LogP contribution in [0, 0.1) is 19.8 Å². The lowest BCUT2D eigenvalue weighted by molar-refractivity contribution is 0.121. The van der Waals surface area contributed by atoms with Crippen molar-refractivity contribution in [3.8, 4) is 11.1 Å². The first kappa shape index (κ1) is 17.7. The van der Waals surface area contributed by atoms with Crippen molar-refractivity contribution in [2.75, 3.05) is 31.2 Å². The first-order valence-electron chi connectivity index (χ1n) is 10.3. The Morgan fingerprint density at radius 3 is 2.64 bits per heavy atom. The second-order valence-corrected chi connectivity index (χ2v) is 8.04. The lowest BCUT2D eigenvalue weighted by atomic mass is 10.1. The highest BCUT2D eigenvalue weighted by molar-refractivity contribution is 5.82. The summed E-state index contributed by atoms with van der Waals surface area (Å²) in [6.45, 7) is 8.21. The number of rotatable bonds is 4. The van der Waals surface area contributed by atoms with E-state index in [1.165, 1.54) is 25.7 Å². The zero-order valence-electron chi connectivity index (χ0n) is 16.6. The van der Waals surface area contributed by atoms with Gasteiger partial charge in [0, 0.05) is 37.0 Å². The fourth-order valence-electron chi connectivity index (χ4n) is 4.66. The molecule has 1 saturated heterocycles. The van der Waals surface area contributed by atoms with Crippen LogP contribution in [-0.4, -0.2) is 46.0 Å². The molecule has 2 fully saturated rings. The van der Waals surface area contributed by atoms with Crippen LogP contribution < -0.4 is 4.90 Å². The SMILES string of the molecule is Cc1noc(C)c1-c1cnc2nc(N3CCOCC3)n(CC3CCCC3)c2c1. The first-order valence-corrected chi connectivity index (χ1v) is 10.3. The number of aromatic nitrogens is 4. The molecule has 3 aromatic heterocycles. The molecule has 5 rings (SSSR count). The fraction of sp³-hybridized carbons (Fsp3) is 0.571. The van der Waals surface area contributed by atoms with Crippen molar-refractivity contribution in [2.45, 2.75) is 46.1 Å². The second kappa shape index (κ2) is 7.20. The van der Waals surface area contributed by atoms with Crippen molar-refractivity contribution in [3.05, 3.63) is 23.7 Å². The van der Waals surface area contributed by atoms with Gasteiger partial charge in [0.25, 0.3) is 0 Å². The number of fused-ring (bicyclic) bond motifs is 1. The van der Waals surface area contributed by atoms with Gasteiger partial charge in [0.1, 0.15) is 5.76 Å². The van der Waals surface area contributed by atoms with Gasteiger partial charge < -0.3 is 18.7 Å². The summed E-state index contributed by atoms with van der Waals surface area (Å²) in [7, 11) is 0. The standard InChI is InChI=1S/C21H27N5O2/c1-14-19(15(2)28-24-14)17-11-18-20(22-12-17)23-21(25-7-9-27-10-8-25)26(18)13-16-5-3-4-6-16/h11-12,16H,3-10,13H2,1-2H3. The number of morpholine rings is 1. The molecule has 4 heterocycles. The van der Waals surface area contributed by atoms with Gasteiger partial charge in [-0.2, -0.15) is 4.98 Å². The van der Waals surface area contributed by atoms with Crippen molar-refractivity contribution in [3.63, 3.8) is 0 Å². The molecule has 0 aromatic carbocycles. The van der Waals surface area contributed by atoms with E-state index >= 15 is 0 Å². The Hall–Kier alpha value is -2.41. The zero-order valence-corrected chi connectivity index (χ0v) is 16.6. The summed E-state index contributed by atoms with van der Waals surface area (Å²) in [5.41, 5.74) is 4.90. The van der Waals surface area contributed by atoms with Crippen LogP contribution in [0.2, 0.25) is 0 Å². The van der Waals surface area contributed by atoms with Gasteiger partial charge in [-0.1, -0.05) is 18.0 Å². The second-order valence-electron chi connectivity index (χ2n) is 8.04. The largest absolute Gasteiger partial charge is 0.378 e. The summed E-state index contributed by atoms with van der Waals surface area (Å²) < 4.78 is 13.3. The van der Waals surface area contributed by atoms with Gasteiger partial charge in [-0.25, -0.2) is 4.98 Å². The fourth-order valence-corrected chi connectivity index (χ4v) is 4.66. The van der Waals surface area contributed by atoms with Gasteiger partial charge in [-0.3, -0.25) is 0 Å². The number of ether oxygens (including phenoxy) is 1. The van der Waals surface area contributed by atoms with E-state index in [0.717, 1.165) is 78.5 Å². The number of aryl methyl sites for hydroxylation is 2. The molecule has 0 unspecified atom stereocenters. The van der Waals surface area contributed by atoms with Crippen LogP contribution in [-0.2, 0) is 11.3 Å². The molecule has 1 aliphatic heterocycles. The molecule has 0 radical (unpaired) electrons. The van der Waals surface area contributed by atoms with Gasteiger partial charge in [-0.15, -0.1) is 0 Å². The molecule has 0 amide bonds. The Morgan fingerprint density at radius 1 is 1.14 bits per heavy atom. The Bertz CT molecular complexity index is 961. The van der Waals surface area contributed by atoms with Crippen LogP contribution in [0.4, 0.5) is 5.95 Å². The topological polar surface area (TPSA) is 69.2 Å². The minimum absolute atomic E-state index is 0.722. The molecule has 148 valence electrons. The Labute approximate surface area is 164 Å². The summed E-state index contributed by atoms with van der Waals surface area (Å²) in [6.07, 6.45) is 7.18. The summed E-state index contributed by atoms with van der Waals surface area (Å²) in [5, 5.41) is 4.11. The summed E-state index contributed by atoms with van der Waals surface area (Å²) in [4.78, 5) is 12.0. The Balaban J connectivity index is 1.62. The predicted octanol–water partition coefficient (Wildman–Crippen LogP) is 3.73. The van der Waals surface area contributed by atoms with E-state index in [0.29, 0.717) is 0 Å². The van der Waals surface area contributed by atoms with Crippen LogP contribution in [0.3, 0.4) is 0 Å². The number of imidazole rings is 1. The van der Waals surface area contributed by atoms with E-state index in [1.54, 1.807) is 0 Å². The summed E-state index contributed by atoms with van der Waals surface area (Å²) in [6, 6.07) is 2.21. The van der Waals surface area contributed by atoms with Crippen molar-refractivity contribution < 1.29 is 9.26 Å². The van der Waals surface area contributed by atoms with Crippen molar-refractivity contribution in [1.82, 2.24) is 19.7 Å². The lowest BCUT2D eigenvalue weighted by Crippen LogP contribution is -2.38. The number of nitrogens with zero attached hydrogens (tertiary/aromatic N) is 5. The van der Waals surface area contributed by atoms with E-state index in [4.69, 9.17) is 19.2 Å². The molecule has 1 saturated carbocycles. The van der Waals surface area contributed by atoms with E-state index in [2.05, 4.69) is 20.7 Å². The molecule has 0 bridgehead atoms. The van der Waals surface area contributed by atoms with Crippen LogP contribution in [0.1, 0.15) is 37.1 Å². The average Bonchev–Trinajstić information content (AvgIpc) is 3.43. The molecule has 0 atom stereocenters. The molecule has 2 aliphatic rings. The maximum absolute atomic E-state index is 5.55. The highest BCUT2D eigenvalue weighted by Crippen LogP contribution is 2.33. The molecule has 1 aliphatic carbocycles. The highest BCUT2D eigenvalue weighted by Gasteiger charge is 2.24. The average molecular weight is 381 g/mol.